The van der Waals surface area contributed by atoms with Gasteiger partial charge in [0.15, 0.2) is 0 Å². The van der Waals surface area contributed by atoms with Gasteiger partial charge in [0.1, 0.15) is 0 Å². The third-order valence-corrected chi connectivity index (χ3v) is 2.12. The van der Waals surface area contributed by atoms with E-state index in [1.165, 1.54) is 0 Å². The Morgan fingerprint density at radius 2 is 2.06 bits per heavy atom. The average Bonchev–Trinajstić information content (AvgIpc) is 2.23. The Morgan fingerprint density at radius 1 is 1.44 bits per heavy atom. The van der Waals surface area contributed by atoms with Crippen LogP contribution in [-0.4, -0.2) is 29.7 Å². The molecule has 16 heavy (non-hydrogen) atoms. The van der Waals surface area contributed by atoms with Crippen molar-refractivity contribution in [1.82, 2.24) is 10.6 Å². The van der Waals surface area contributed by atoms with Crippen LogP contribution in [0.4, 0.5) is 4.79 Å². The maximum atomic E-state index is 11.2. The summed E-state index contributed by atoms with van der Waals surface area (Å²) in [6.07, 6.45) is 6.26. The largest absolute Gasteiger partial charge is 0.481 e. The minimum atomic E-state index is -0.814. The van der Waals surface area contributed by atoms with Gasteiger partial charge >= 0.3 is 12.0 Å². The molecule has 0 radical (unpaired) electrons. The first-order valence-electron chi connectivity index (χ1n) is 5.20. The highest BCUT2D eigenvalue weighted by Gasteiger charge is 2.10. The molecule has 90 valence electrons. The van der Waals surface area contributed by atoms with E-state index in [9.17, 15) is 9.59 Å². The van der Waals surface area contributed by atoms with Crippen molar-refractivity contribution in [2.75, 3.05) is 6.54 Å². The summed E-state index contributed by atoms with van der Waals surface area (Å²) in [5.74, 6) is 1.18. The second-order valence-corrected chi connectivity index (χ2v) is 3.67. The monoisotopic (exact) mass is 226 g/mol. The Hall–Kier alpha value is -1.70. The van der Waals surface area contributed by atoms with Crippen molar-refractivity contribution in [2.45, 2.75) is 32.7 Å². The van der Waals surface area contributed by atoms with Crippen molar-refractivity contribution in [2.24, 2.45) is 5.92 Å². The lowest BCUT2D eigenvalue weighted by Crippen LogP contribution is -2.40. The van der Waals surface area contributed by atoms with Crippen LogP contribution in [0.2, 0.25) is 0 Å². The first kappa shape index (κ1) is 14.3. The Kier molecular flexibility index (Phi) is 6.77. The highest BCUT2D eigenvalue weighted by Crippen LogP contribution is 2.03. The van der Waals surface area contributed by atoms with Gasteiger partial charge < -0.3 is 15.7 Å². The molecule has 5 nitrogen and oxygen atoms in total. The van der Waals surface area contributed by atoms with E-state index in [-0.39, 0.29) is 18.0 Å². The minimum absolute atomic E-state index is 0.307. The van der Waals surface area contributed by atoms with E-state index in [2.05, 4.69) is 16.6 Å². The van der Waals surface area contributed by atoms with Crippen LogP contribution in [0, 0.1) is 18.3 Å². The number of carboxylic acid groups (broad SMARTS) is 1. The molecule has 0 aliphatic carbocycles. The number of hydrogen-bond donors (Lipinski definition) is 3. The van der Waals surface area contributed by atoms with Gasteiger partial charge in [-0.3, -0.25) is 4.79 Å². The summed E-state index contributed by atoms with van der Waals surface area (Å²) in [6, 6.07) is -0.633. The molecule has 0 saturated carbocycles. The fourth-order valence-corrected chi connectivity index (χ4v) is 1.02. The van der Waals surface area contributed by atoms with Crippen LogP contribution in [0.3, 0.4) is 0 Å². The lowest BCUT2D eigenvalue weighted by atomic mass is 10.1. The maximum absolute atomic E-state index is 11.2. The number of aliphatic carboxylic acids is 1. The Balaban J connectivity index is 3.56. The Labute approximate surface area is 95.6 Å². The normalized spacial score (nSPS) is 13.3. The van der Waals surface area contributed by atoms with Crippen molar-refractivity contribution >= 4 is 12.0 Å². The van der Waals surface area contributed by atoms with Crippen LogP contribution in [0.5, 0.6) is 0 Å². The zero-order valence-electron chi connectivity index (χ0n) is 9.62. The molecule has 0 heterocycles. The lowest BCUT2D eigenvalue weighted by molar-refractivity contribution is -0.141. The number of carbonyl (C=O) groups excluding carboxylic acids is 1. The molecule has 5 heteroatoms. The first-order chi connectivity index (χ1) is 7.47. The van der Waals surface area contributed by atoms with Gasteiger partial charge in [-0.25, -0.2) is 4.79 Å². The highest BCUT2D eigenvalue weighted by molar-refractivity contribution is 5.74. The van der Waals surface area contributed by atoms with Crippen molar-refractivity contribution in [3.63, 3.8) is 0 Å². The molecule has 0 rings (SSSR count). The second-order valence-electron chi connectivity index (χ2n) is 3.67. The topological polar surface area (TPSA) is 78.4 Å². The van der Waals surface area contributed by atoms with Crippen LogP contribution in [-0.2, 0) is 4.79 Å². The molecule has 2 atom stereocenters. The molecule has 2 amide bonds. The number of carbonyl (C=O) groups is 2. The predicted octanol–water partition coefficient (Wildman–Crippen LogP) is 0.808. The van der Waals surface area contributed by atoms with Gasteiger partial charge in [0.25, 0.3) is 0 Å². The molecule has 0 aromatic heterocycles. The van der Waals surface area contributed by atoms with Crippen LogP contribution in [0.1, 0.15) is 26.7 Å². The predicted molar refractivity (Wildman–Crippen MR) is 60.9 cm³/mol. The molecular weight excluding hydrogens is 208 g/mol. The number of amides is 2. The van der Waals surface area contributed by atoms with Crippen LogP contribution in [0.25, 0.3) is 0 Å². The fraction of sp³-hybridized carbons (Fsp3) is 0.636. The standard InChI is InChI=1S/C11H18N2O3/c1-4-9(3)13-11(16)12-7-5-6-8(2)10(14)15/h1,8-9H,5-7H2,2-3H3,(H,14,15)(H2,12,13,16). The number of urea groups is 1. The maximum Gasteiger partial charge on any atom is 0.315 e. The highest BCUT2D eigenvalue weighted by atomic mass is 16.4. The SMILES string of the molecule is C#CC(C)NC(=O)NCCCC(C)C(=O)O. The number of hydrogen-bond acceptors (Lipinski definition) is 2. The summed E-state index contributed by atoms with van der Waals surface area (Å²) in [4.78, 5) is 21.6. The third kappa shape index (κ3) is 6.71. The molecule has 0 spiro atoms. The van der Waals surface area contributed by atoms with Gasteiger partial charge in [0.2, 0.25) is 0 Å². The van der Waals surface area contributed by atoms with Gasteiger partial charge in [-0.15, -0.1) is 6.42 Å². The molecule has 0 bridgehead atoms. The van der Waals surface area contributed by atoms with E-state index in [1.54, 1.807) is 13.8 Å². The molecule has 2 unspecified atom stereocenters. The van der Waals surface area contributed by atoms with E-state index >= 15 is 0 Å². The third-order valence-electron chi connectivity index (χ3n) is 2.12. The lowest BCUT2D eigenvalue weighted by Gasteiger charge is -2.10. The molecular formula is C11H18N2O3. The number of carboxylic acids is 1. The molecule has 3 N–H and O–H groups in total. The second kappa shape index (κ2) is 7.57. The summed E-state index contributed by atoms with van der Waals surface area (Å²) in [5, 5.41) is 13.8. The molecule has 0 aliphatic rings. The quantitative estimate of drug-likeness (QED) is 0.463. The zero-order valence-corrected chi connectivity index (χ0v) is 9.62. The molecule has 0 saturated heterocycles. The van der Waals surface area contributed by atoms with Gasteiger partial charge in [-0.2, -0.15) is 0 Å². The molecule has 0 fully saturated rings. The number of nitrogens with one attached hydrogen (secondary N) is 2. The number of terminal acetylenes is 1. The van der Waals surface area contributed by atoms with Crippen LogP contribution < -0.4 is 10.6 Å². The average molecular weight is 226 g/mol. The summed E-state index contributed by atoms with van der Waals surface area (Å²) >= 11 is 0. The summed E-state index contributed by atoms with van der Waals surface area (Å²) in [6.45, 7) is 3.79. The summed E-state index contributed by atoms with van der Waals surface area (Å²) < 4.78 is 0. The fourth-order valence-electron chi connectivity index (χ4n) is 1.02. The van der Waals surface area contributed by atoms with Crippen molar-refractivity contribution < 1.29 is 14.7 Å². The molecule has 0 aliphatic heterocycles. The van der Waals surface area contributed by atoms with Gasteiger partial charge in [-0.1, -0.05) is 12.8 Å². The molecule has 0 aromatic rings. The van der Waals surface area contributed by atoms with Crippen molar-refractivity contribution in [3.8, 4) is 12.3 Å². The van der Waals surface area contributed by atoms with E-state index in [0.717, 1.165) is 0 Å². The van der Waals surface area contributed by atoms with Gasteiger partial charge in [-0.05, 0) is 19.8 Å². The minimum Gasteiger partial charge on any atom is -0.481 e. The van der Waals surface area contributed by atoms with Gasteiger partial charge in [0.05, 0.1) is 12.0 Å². The van der Waals surface area contributed by atoms with Crippen LogP contribution in [0.15, 0.2) is 0 Å². The van der Waals surface area contributed by atoms with Crippen molar-refractivity contribution in [3.05, 3.63) is 0 Å². The van der Waals surface area contributed by atoms with E-state index < -0.39 is 5.97 Å². The van der Waals surface area contributed by atoms with Crippen LogP contribution >= 0.6 is 0 Å². The number of rotatable bonds is 6. The summed E-state index contributed by atoms with van der Waals surface area (Å²) in [7, 11) is 0. The van der Waals surface area contributed by atoms with Gasteiger partial charge in [0, 0.05) is 6.54 Å². The molecule has 0 aromatic carbocycles. The Morgan fingerprint density at radius 3 is 2.56 bits per heavy atom. The van der Waals surface area contributed by atoms with E-state index in [4.69, 9.17) is 11.5 Å². The first-order valence-corrected chi connectivity index (χ1v) is 5.20. The summed E-state index contributed by atoms with van der Waals surface area (Å²) in [5.41, 5.74) is 0. The van der Waals surface area contributed by atoms with E-state index in [0.29, 0.717) is 19.4 Å². The smallest absolute Gasteiger partial charge is 0.315 e. The van der Waals surface area contributed by atoms with Crippen molar-refractivity contribution in [1.29, 1.82) is 0 Å². The Bertz CT molecular complexity index is 283. The van der Waals surface area contributed by atoms with E-state index in [1.807, 2.05) is 0 Å². The zero-order chi connectivity index (χ0) is 12.6.